The zero-order valence-electron chi connectivity index (χ0n) is 14.0. The van der Waals surface area contributed by atoms with Gasteiger partial charge >= 0.3 is 0 Å². The van der Waals surface area contributed by atoms with E-state index in [1.807, 2.05) is 6.07 Å². The van der Waals surface area contributed by atoms with Crippen molar-refractivity contribution in [1.82, 2.24) is 20.4 Å². The summed E-state index contributed by atoms with van der Waals surface area (Å²) in [5, 5.41) is 6.30. The second-order valence-electron chi connectivity index (χ2n) is 5.62. The molecule has 2 heterocycles. The molecule has 0 saturated carbocycles. The molecule has 1 unspecified atom stereocenters. The summed E-state index contributed by atoms with van der Waals surface area (Å²) < 4.78 is 4.88. The lowest BCUT2D eigenvalue weighted by molar-refractivity contribution is -0.137. The van der Waals surface area contributed by atoms with E-state index in [0.29, 0.717) is 5.69 Å². The van der Waals surface area contributed by atoms with Crippen LogP contribution in [0.1, 0.15) is 15.9 Å². The minimum atomic E-state index is -1.13. The van der Waals surface area contributed by atoms with Gasteiger partial charge in [-0.15, -0.1) is 0 Å². The largest absolute Gasteiger partial charge is 0.363 e. The Morgan fingerprint density at radius 3 is 2.59 bits per heavy atom. The van der Waals surface area contributed by atoms with E-state index in [1.165, 1.54) is 12.5 Å². The van der Waals surface area contributed by atoms with Gasteiger partial charge in [-0.2, -0.15) is 0 Å². The third kappa shape index (κ3) is 4.21. The number of ketones is 1. The molecule has 0 aliphatic rings. The van der Waals surface area contributed by atoms with Crippen molar-refractivity contribution in [3.05, 3.63) is 66.3 Å². The van der Waals surface area contributed by atoms with E-state index in [0.717, 1.165) is 11.8 Å². The normalized spacial score (nSPS) is 11.6. The Kier molecular flexibility index (Phi) is 5.31. The zero-order valence-corrected chi connectivity index (χ0v) is 14.0. The highest BCUT2D eigenvalue weighted by Crippen LogP contribution is 2.19. The summed E-state index contributed by atoms with van der Waals surface area (Å²) in [5.41, 5.74) is 6.53. The van der Waals surface area contributed by atoms with Gasteiger partial charge in [0, 0.05) is 12.6 Å². The zero-order chi connectivity index (χ0) is 19.2. The summed E-state index contributed by atoms with van der Waals surface area (Å²) in [6.07, 6.45) is 4.05. The maximum Gasteiger partial charge on any atom is 0.287 e. The van der Waals surface area contributed by atoms with Gasteiger partial charge in [0.25, 0.3) is 11.8 Å². The molecule has 27 heavy (non-hydrogen) atoms. The average Bonchev–Trinajstić information content (AvgIpc) is 3.18. The number of primary amides is 1. The number of rotatable bonds is 7. The molecule has 3 rings (SSSR count). The number of nitrogens with two attached hydrogens (primary N) is 1. The van der Waals surface area contributed by atoms with Crippen molar-refractivity contribution in [3.63, 3.8) is 0 Å². The third-order valence-electron chi connectivity index (χ3n) is 3.79. The quantitative estimate of drug-likeness (QED) is 0.582. The summed E-state index contributed by atoms with van der Waals surface area (Å²) in [6, 6.07) is 9.39. The minimum Gasteiger partial charge on any atom is -0.363 e. The van der Waals surface area contributed by atoms with Crippen molar-refractivity contribution >= 4 is 17.6 Å². The average molecular weight is 365 g/mol. The minimum absolute atomic E-state index is 0.0732. The van der Waals surface area contributed by atoms with Crippen LogP contribution < -0.4 is 11.1 Å². The predicted octanol–water partition coefficient (Wildman–Crippen LogP) is 0.527. The molecule has 1 aromatic carbocycles. The van der Waals surface area contributed by atoms with Crippen LogP contribution in [0.15, 0.2) is 59.7 Å². The van der Waals surface area contributed by atoms with Gasteiger partial charge in [-0.05, 0) is 11.6 Å². The van der Waals surface area contributed by atoms with Crippen molar-refractivity contribution in [3.8, 4) is 11.4 Å². The molecule has 9 heteroatoms. The topological polar surface area (TPSA) is 141 Å². The van der Waals surface area contributed by atoms with Gasteiger partial charge in [0.15, 0.2) is 0 Å². The monoisotopic (exact) mass is 365 g/mol. The van der Waals surface area contributed by atoms with Crippen LogP contribution in [0.2, 0.25) is 0 Å². The fraction of sp³-hybridized carbons (Fsp3) is 0.111. The first kappa shape index (κ1) is 17.9. The standard InChI is InChI=1S/C18H15N5O4/c19-17(25)16(24)14(8-11-4-2-1-3-5-11)22-18(26)12-9-27-23-15(12)13-6-7-20-10-21-13/h1-7,9-10,14H,8H2,(H2,19,25)(H,22,26). The van der Waals surface area contributed by atoms with Gasteiger partial charge in [0.1, 0.15) is 29.9 Å². The molecular weight excluding hydrogens is 350 g/mol. The van der Waals surface area contributed by atoms with Crippen molar-refractivity contribution in [2.75, 3.05) is 0 Å². The van der Waals surface area contributed by atoms with E-state index < -0.39 is 23.6 Å². The molecule has 0 aliphatic carbocycles. The van der Waals surface area contributed by atoms with E-state index in [-0.39, 0.29) is 17.7 Å². The van der Waals surface area contributed by atoms with Crippen LogP contribution in [-0.2, 0) is 16.0 Å². The van der Waals surface area contributed by atoms with Gasteiger partial charge in [-0.1, -0.05) is 35.5 Å². The Hall–Kier alpha value is -3.88. The Morgan fingerprint density at radius 1 is 1.15 bits per heavy atom. The molecule has 9 nitrogen and oxygen atoms in total. The SMILES string of the molecule is NC(=O)C(=O)C(Cc1ccccc1)NC(=O)c1conc1-c1ccncn1. The first-order chi connectivity index (χ1) is 13.1. The van der Waals surface area contributed by atoms with Crippen LogP contribution in [0.5, 0.6) is 0 Å². The predicted molar refractivity (Wildman–Crippen MR) is 93.1 cm³/mol. The molecule has 0 aliphatic heterocycles. The molecule has 0 bridgehead atoms. The number of hydrogen-bond donors (Lipinski definition) is 2. The second-order valence-corrected chi connectivity index (χ2v) is 5.62. The number of Topliss-reactive ketones (excluding diaryl/α,β-unsaturated/α-hetero) is 1. The molecule has 2 aromatic heterocycles. The number of carbonyl (C=O) groups is 3. The van der Waals surface area contributed by atoms with Gasteiger partial charge < -0.3 is 15.6 Å². The number of nitrogens with one attached hydrogen (secondary N) is 1. The maximum atomic E-state index is 12.7. The van der Waals surface area contributed by atoms with Crippen LogP contribution in [0.25, 0.3) is 11.4 Å². The number of amides is 2. The lowest BCUT2D eigenvalue weighted by Gasteiger charge is -2.16. The van der Waals surface area contributed by atoms with Crippen LogP contribution >= 0.6 is 0 Å². The fourth-order valence-electron chi connectivity index (χ4n) is 2.48. The highest BCUT2D eigenvalue weighted by molar-refractivity contribution is 6.38. The lowest BCUT2D eigenvalue weighted by atomic mass is 10.0. The van der Waals surface area contributed by atoms with Gasteiger partial charge in [-0.25, -0.2) is 9.97 Å². The van der Waals surface area contributed by atoms with Gasteiger partial charge in [-0.3, -0.25) is 14.4 Å². The Labute approximate surface area is 153 Å². The van der Waals surface area contributed by atoms with Crippen LogP contribution in [-0.4, -0.2) is 38.8 Å². The van der Waals surface area contributed by atoms with Crippen molar-refractivity contribution in [2.24, 2.45) is 5.73 Å². The highest BCUT2D eigenvalue weighted by atomic mass is 16.5. The first-order valence-electron chi connectivity index (χ1n) is 7.95. The number of hydrogen-bond acceptors (Lipinski definition) is 7. The van der Waals surface area contributed by atoms with Crippen LogP contribution in [0.4, 0.5) is 0 Å². The number of benzene rings is 1. The first-order valence-corrected chi connectivity index (χ1v) is 7.95. The third-order valence-corrected chi connectivity index (χ3v) is 3.79. The van der Waals surface area contributed by atoms with Gasteiger partial charge in [0.05, 0.1) is 5.69 Å². The molecule has 136 valence electrons. The molecule has 0 saturated heterocycles. The molecule has 0 radical (unpaired) electrons. The van der Waals surface area contributed by atoms with E-state index in [1.54, 1.807) is 30.3 Å². The summed E-state index contributed by atoms with van der Waals surface area (Å²) in [4.78, 5) is 44.0. The van der Waals surface area contributed by atoms with E-state index in [2.05, 4.69) is 20.4 Å². The maximum absolute atomic E-state index is 12.7. The number of nitrogens with zero attached hydrogens (tertiary/aromatic N) is 3. The summed E-state index contributed by atoms with van der Waals surface area (Å²) in [7, 11) is 0. The van der Waals surface area contributed by atoms with Crippen LogP contribution in [0.3, 0.4) is 0 Å². The van der Waals surface area contributed by atoms with Crippen molar-refractivity contribution < 1.29 is 18.9 Å². The molecule has 2 amide bonds. The Balaban J connectivity index is 1.84. The fourth-order valence-corrected chi connectivity index (χ4v) is 2.48. The smallest absolute Gasteiger partial charge is 0.287 e. The van der Waals surface area contributed by atoms with Crippen molar-refractivity contribution in [2.45, 2.75) is 12.5 Å². The molecule has 3 aromatic rings. The van der Waals surface area contributed by atoms with Crippen LogP contribution in [0, 0.1) is 0 Å². The van der Waals surface area contributed by atoms with Crippen molar-refractivity contribution in [1.29, 1.82) is 0 Å². The summed E-state index contributed by atoms with van der Waals surface area (Å²) in [6.45, 7) is 0. The molecular formula is C18H15N5O4. The second kappa shape index (κ2) is 8.00. The Bertz CT molecular complexity index is 956. The van der Waals surface area contributed by atoms with E-state index in [4.69, 9.17) is 10.3 Å². The van der Waals surface area contributed by atoms with E-state index >= 15 is 0 Å². The molecule has 3 N–H and O–H groups in total. The highest BCUT2D eigenvalue weighted by Gasteiger charge is 2.28. The van der Waals surface area contributed by atoms with Gasteiger partial charge in [0.2, 0.25) is 5.78 Å². The summed E-state index contributed by atoms with van der Waals surface area (Å²) >= 11 is 0. The Morgan fingerprint density at radius 2 is 1.93 bits per heavy atom. The number of aromatic nitrogens is 3. The van der Waals surface area contributed by atoms with E-state index in [9.17, 15) is 14.4 Å². The molecule has 1 atom stereocenters. The molecule has 0 fully saturated rings. The number of carbonyl (C=O) groups excluding carboxylic acids is 3. The summed E-state index contributed by atoms with van der Waals surface area (Å²) in [5.74, 6) is -2.66. The lowest BCUT2D eigenvalue weighted by Crippen LogP contribution is -2.47. The molecule has 0 spiro atoms.